The highest BCUT2D eigenvalue weighted by Crippen LogP contribution is 2.12. The van der Waals surface area contributed by atoms with E-state index >= 15 is 0 Å². The first kappa shape index (κ1) is 22.9. The Hall–Kier alpha value is -1.05. The molecule has 0 aromatic rings. The van der Waals surface area contributed by atoms with Crippen LogP contribution in [0.3, 0.4) is 0 Å². The van der Waals surface area contributed by atoms with Gasteiger partial charge < -0.3 is 5.11 Å². The van der Waals surface area contributed by atoms with E-state index in [1.165, 1.54) is 83.5 Å². The van der Waals surface area contributed by atoms with Crippen LogP contribution in [0, 0.1) is 0 Å². The van der Waals surface area contributed by atoms with E-state index in [1.807, 2.05) is 0 Å². The third kappa shape index (κ3) is 17.3. The van der Waals surface area contributed by atoms with Crippen LogP contribution in [-0.4, -0.2) is 11.1 Å². The van der Waals surface area contributed by atoms with Gasteiger partial charge in [0, 0.05) is 5.57 Å². The second kappa shape index (κ2) is 18.3. The summed E-state index contributed by atoms with van der Waals surface area (Å²) in [5.41, 5.74) is 0.350. The predicted octanol–water partition coefficient (Wildman–Crippen LogP) is 7.44. The molecule has 0 fully saturated rings. The first-order valence-corrected chi connectivity index (χ1v) is 10.2. The summed E-state index contributed by atoms with van der Waals surface area (Å²) in [4.78, 5) is 10.6. The van der Waals surface area contributed by atoms with E-state index in [0.717, 1.165) is 12.8 Å². The first-order valence-electron chi connectivity index (χ1n) is 10.2. The Morgan fingerprint density at radius 2 is 1.17 bits per heavy atom. The highest BCUT2D eigenvalue weighted by molar-refractivity contribution is 5.85. The average molecular weight is 337 g/mol. The minimum absolute atomic E-state index is 0.350. The molecule has 0 aliphatic heterocycles. The molecule has 2 heteroatoms. The molecule has 0 aliphatic carbocycles. The Labute approximate surface area is 150 Å². The van der Waals surface area contributed by atoms with Gasteiger partial charge in [0.2, 0.25) is 0 Å². The standard InChI is InChI=1S/C22H40O2/c1-3-4-5-6-7-8-9-10-11-12-13-14-15-16-17-18-19-20-21(2)22(23)24/h10-11H,2-9,12-20H2,1H3,(H,23,24)/b11-10+. The molecule has 0 bridgehead atoms. The van der Waals surface area contributed by atoms with E-state index in [0.29, 0.717) is 12.0 Å². The monoisotopic (exact) mass is 336 g/mol. The topological polar surface area (TPSA) is 37.3 Å². The molecule has 0 heterocycles. The highest BCUT2D eigenvalue weighted by Gasteiger charge is 2.02. The molecule has 0 saturated carbocycles. The second-order valence-corrected chi connectivity index (χ2v) is 6.95. The van der Waals surface area contributed by atoms with Gasteiger partial charge in [-0.3, -0.25) is 0 Å². The maximum Gasteiger partial charge on any atom is 0.330 e. The fraction of sp³-hybridized carbons (Fsp3) is 0.773. The van der Waals surface area contributed by atoms with Crippen molar-refractivity contribution in [2.75, 3.05) is 0 Å². The van der Waals surface area contributed by atoms with Crippen LogP contribution < -0.4 is 0 Å². The van der Waals surface area contributed by atoms with E-state index in [9.17, 15) is 4.79 Å². The second-order valence-electron chi connectivity index (χ2n) is 6.95. The molecule has 0 aromatic heterocycles. The number of aliphatic carboxylic acids is 1. The van der Waals surface area contributed by atoms with Crippen molar-refractivity contribution in [3.63, 3.8) is 0 Å². The molecule has 0 aromatic carbocycles. The molecule has 0 spiro atoms. The molecule has 2 nitrogen and oxygen atoms in total. The molecule has 140 valence electrons. The molecular formula is C22H40O2. The van der Waals surface area contributed by atoms with Gasteiger partial charge in [-0.25, -0.2) is 4.79 Å². The number of carboxylic acid groups (broad SMARTS) is 1. The van der Waals surface area contributed by atoms with Crippen molar-refractivity contribution >= 4 is 5.97 Å². The molecule has 0 radical (unpaired) electrons. The molecular weight excluding hydrogens is 296 g/mol. The smallest absolute Gasteiger partial charge is 0.330 e. The van der Waals surface area contributed by atoms with Gasteiger partial charge in [-0.2, -0.15) is 0 Å². The van der Waals surface area contributed by atoms with Crippen LogP contribution in [0.2, 0.25) is 0 Å². The Balaban J connectivity index is 3.15. The SMILES string of the molecule is C=C(CCCCCCCCC/C=C/CCCCCCCC)C(=O)O. The van der Waals surface area contributed by atoms with Crippen LogP contribution >= 0.6 is 0 Å². The number of unbranched alkanes of at least 4 members (excludes halogenated alkanes) is 13. The molecule has 0 amide bonds. The van der Waals surface area contributed by atoms with Crippen molar-refractivity contribution in [1.82, 2.24) is 0 Å². The lowest BCUT2D eigenvalue weighted by Gasteiger charge is -2.02. The third-order valence-corrected chi connectivity index (χ3v) is 4.54. The van der Waals surface area contributed by atoms with Gasteiger partial charge >= 0.3 is 5.97 Å². The van der Waals surface area contributed by atoms with Gasteiger partial charge in [-0.15, -0.1) is 0 Å². The van der Waals surface area contributed by atoms with Crippen molar-refractivity contribution in [3.8, 4) is 0 Å². The molecule has 0 aliphatic rings. The molecule has 0 unspecified atom stereocenters. The summed E-state index contributed by atoms with van der Waals surface area (Å²) >= 11 is 0. The zero-order valence-electron chi connectivity index (χ0n) is 16.0. The van der Waals surface area contributed by atoms with Crippen molar-refractivity contribution in [2.45, 2.75) is 110 Å². The highest BCUT2D eigenvalue weighted by atomic mass is 16.4. The molecule has 0 saturated heterocycles. The number of hydrogen-bond donors (Lipinski definition) is 1. The van der Waals surface area contributed by atoms with E-state index in [4.69, 9.17) is 5.11 Å². The summed E-state index contributed by atoms with van der Waals surface area (Å²) in [6.45, 7) is 5.83. The third-order valence-electron chi connectivity index (χ3n) is 4.54. The first-order chi connectivity index (χ1) is 11.7. The Bertz CT molecular complexity index is 331. The lowest BCUT2D eigenvalue weighted by atomic mass is 10.0. The summed E-state index contributed by atoms with van der Waals surface area (Å²) in [5, 5.41) is 8.71. The normalized spacial score (nSPS) is 11.2. The van der Waals surface area contributed by atoms with Gasteiger partial charge in [0.25, 0.3) is 0 Å². The minimum Gasteiger partial charge on any atom is -0.478 e. The molecule has 0 rings (SSSR count). The Kier molecular flexibility index (Phi) is 17.5. The Morgan fingerprint density at radius 1 is 0.750 bits per heavy atom. The van der Waals surface area contributed by atoms with Gasteiger partial charge in [0.05, 0.1) is 0 Å². The average Bonchev–Trinajstić information content (AvgIpc) is 2.57. The summed E-state index contributed by atoms with van der Waals surface area (Å²) in [6, 6.07) is 0. The van der Waals surface area contributed by atoms with Crippen LogP contribution in [0.1, 0.15) is 110 Å². The van der Waals surface area contributed by atoms with Crippen LogP contribution in [0.4, 0.5) is 0 Å². The summed E-state index contributed by atoms with van der Waals surface area (Å²) < 4.78 is 0. The van der Waals surface area contributed by atoms with Crippen molar-refractivity contribution in [2.24, 2.45) is 0 Å². The van der Waals surface area contributed by atoms with E-state index in [-0.39, 0.29) is 0 Å². The number of hydrogen-bond acceptors (Lipinski definition) is 1. The lowest BCUT2D eigenvalue weighted by molar-refractivity contribution is -0.132. The number of allylic oxidation sites excluding steroid dienone is 2. The quantitative estimate of drug-likeness (QED) is 0.160. The van der Waals surface area contributed by atoms with E-state index in [2.05, 4.69) is 25.7 Å². The van der Waals surface area contributed by atoms with E-state index in [1.54, 1.807) is 0 Å². The maximum atomic E-state index is 10.6. The van der Waals surface area contributed by atoms with Gasteiger partial charge in [0.15, 0.2) is 0 Å². The van der Waals surface area contributed by atoms with Crippen LogP contribution in [0.25, 0.3) is 0 Å². The van der Waals surface area contributed by atoms with Gasteiger partial charge in [-0.05, 0) is 38.5 Å². The van der Waals surface area contributed by atoms with Crippen molar-refractivity contribution in [1.29, 1.82) is 0 Å². The molecule has 0 atom stereocenters. The van der Waals surface area contributed by atoms with Crippen molar-refractivity contribution in [3.05, 3.63) is 24.3 Å². The van der Waals surface area contributed by atoms with Gasteiger partial charge in [0.1, 0.15) is 0 Å². The van der Waals surface area contributed by atoms with Crippen LogP contribution in [0.5, 0.6) is 0 Å². The van der Waals surface area contributed by atoms with E-state index < -0.39 is 5.97 Å². The zero-order chi connectivity index (χ0) is 17.9. The molecule has 24 heavy (non-hydrogen) atoms. The number of carbonyl (C=O) groups is 1. The fourth-order valence-corrected chi connectivity index (χ4v) is 2.87. The summed E-state index contributed by atoms with van der Waals surface area (Å²) in [6.07, 6.45) is 24.7. The van der Waals surface area contributed by atoms with Crippen LogP contribution in [0.15, 0.2) is 24.3 Å². The Morgan fingerprint density at radius 3 is 1.62 bits per heavy atom. The predicted molar refractivity (Wildman–Crippen MR) is 105 cm³/mol. The maximum absolute atomic E-state index is 10.6. The lowest BCUT2D eigenvalue weighted by Crippen LogP contribution is -1.98. The van der Waals surface area contributed by atoms with Gasteiger partial charge in [-0.1, -0.05) is 89.9 Å². The van der Waals surface area contributed by atoms with Crippen molar-refractivity contribution < 1.29 is 9.90 Å². The summed E-state index contributed by atoms with van der Waals surface area (Å²) in [7, 11) is 0. The fourth-order valence-electron chi connectivity index (χ4n) is 2.87. The zero-order valence-corrected chi connectivity index (χ0v) is 16.0. The minimum atomic E-state index is -0.848. The van der Waals surface area contributed by atoms with Crippen LogP contribution in [-0.2, 0) is 4.79 Å². The summed E-state index contributed by atoms with van der Waals surface area (Å²) in [5.74, 6) is -0.848. The molecule has 1 N–H and O–H groups in total. The number of carboxylic acids is 1. The number of rotatable bonds is 18. The largest absolute Gasteiger partial charge is 0.478 e.